The first kappa shape index (κ1) is 22.9. The molecule has 1 aromatic heterocycles. The zero-order valence-corrected chi connectivity index (χ0v) is 17.0. The van der Waals surface area contributed by atoms with Gasteiger partial charge in [-0.1, -0.05) is 6.07 Å². The van der Waals surface area contributed by atoms with Crippen LogP contribution < -0.4 is 15.4 Å². The van der Waals surface area contributed by atoms with Gasteiger partial charge >= 0.3 is 0 Å². The molecule has 0 saturated carbocycles. The molecule has 0 spiro atoms. The molecule has 0 amide bonds. The third-order valence-electron chi connectivity index (χ3n) is 2.99. The Balaban J connectivity index is 0.00000529. The molecular weight excluding hydrogens is 423 g/mol. The van der Waals surface area contributed by atoms with E-state index < -0.39 is 0 Å². The molecule has 0 aliphatic rings. The molecule has 7 nitrogen and oxygen atoms in total. The monoisotopic (exact) mass is 452 g/mol. The highest BCUT2D eigenvalue weighted by Gasteiger charge is 2.05. The summed E-state index contributed by atoms with van der Waals surface area (Å²) in [5, 5.41) is 6.50. The predicted molar refractivity (Wildman–Crippen MR) is 106 cm³/mol. The lowest BCUT2D eigenvalue weighted by molar-refractivity contribution is 0.0698. The van der Waals surface area contributed by atoms with Gasteiger partial charge in [-0.2, -0.15) is 0 Å². The van der Waals surface area contributed by atoms with Crippen molar-refractivity contribution in [3.05, 3.63) is 23.9 Å². The second-order valence-corrected chi connectivity index (χ2v) is 4.71. The van der Waals surface area contributed by atoms with E-state index in [-0.39, 0.29) is 24.0 Å². The molecule has 0 atom stereocenters. The van der Waals surface area contributed by atoms with Crippen LogP contribution in [0, 0.1) is 0 Å². The average molecular weight is 452 g/mol. The highest BCUT2D eigenvalue weighted by molar-refractivity contribution is 14.0. The van der Waals surface area contributed by atoms with Crippen molar-refractivity contribution in [3.8, 4) is 5.88 Å². The number of hydrogen-bond donors (Lipinski definition) is 2. The van der Waals surface area contributed by atoms with Crippen LogP contribution in [0.4, 0.5) is 0 Å². The number of guanidine groups is 1. The van der Waals surface area contributed by atoms with E-state index in [1.165, 1.54) is 0 Å². The number of aliphatic imine (C=N–C) groups is 1. The summed E-state index contributed by atoms with van der Waals surface area (Å²) < 4.78 is 15.8. The van der Waals surface area contributed by atoms with Gasteiger partial charge in [-0.05, 0) is 19.4 Å². The molecule has 0 aromatic carbocycles. The van der Waals surface area contributed by atoms with Crippen molar-refractivity contribution in [2.75, 3.05) is 47.1 Å². The van der Waals surface area contributed by atoms with Gasteiger partial charge in [-0.3, -0.25) is 4.99 Å². The summed E-state index contributed by atoms with van der Waals surface area (Å²) in [5.74, 6) is 1.40. The van der Waals surface area contributed by atoms with E-state index in [0.717, 1.165) is 24.5 Å². The highest BCUT2D eigenvalue weighted by atomic mass is 127. The molecule has 1 heterocycles. The number of halogens is 1. The van der Waals surface area contributed by atoms with Crippen LogP contribution in [-0.4, -0.2) is 58.1 Å². The number of ether oxygens (including phenoxy) is 3. The number of rotatable bonds is 11. The lowest BCUT2D eigenvalue weighted by atomic mass is 10.2. The standard InChI is InChI=1S/C16H28N4O3.HI/c1-4-23-15-14(7-5-8-18-15)13-20-16(17-2)19-9-6-10-22-12-11-21-3;/h5,7-8H,4,6,9-13H2,1-3H3,(H2,17,19,20);1H. The van der Waals surface area contributed by atoms with E-state index in [4.69, 9.17) is 14.2 Å². The minimum atomic E-state index is 0. The van der Waals surface area contributed by atoms with Crippen LogP contribution in [0.5, 0.6) is 5.88 Å². The second kappa shape index (κ2) is 15.4. The number of nitrogens with zero attached hydrogens (tertiary/aromatic N) is 2. The van der Waals surface area contributed by atoms with E-state index in [0.29, 0.717) is 38.9 Å². The average Bonchev–Trinajstić information content (AvgIpc) is 2.58. The summed E-state index contributed by atoms with van der Waals surface area (Å²) in [4.78, 5) is 8.43. The van der Waals surface area contributed by atoms with Crippen LogP contribution in [-0.2, 0) is 16.0 Å². The number of methoxy groups -OCH3 is 1. The molecular formula is C16H29IN4O3. The maximum atomic E-state index is 5.51. The van der Waals surface area contributed by atoms with Crippen LogP contribution in [0.2, 0.25) is 0 Å². The van der Waals surface area contributed by atoms with Gasteiger partial charge in [0.2, 0.25) is 5.88 Å². The van der Waals surface area contributed by atoms with Crippen LogP contribution in [0.3, 0.4) is 0 Å². The van der Waals surface area contributed by atoms with Crippen molar-refractivity contribution in [2.45, 2.75) is 19.9 Å². The Morgan fingerprint density at radius 2 is 2.08 bits per heavy atom. The Hall–Kier alpha value is -1.13. The maximum Gasteiger partial charge on any atom is 0.218 e. The molecule has 0 aliphatic heterocycles. The highest BCUT2D eigenvalue weighted by Crippen LogP contribution is 2.13. The summed E-state index contributed by atoms with van der Waals surface area (Å²) in [7, 11) is 3.41. The van der Waals surface area contributed by atoms with E-state index in [2.05, 4.69) is 20.6 Å². The number of aromatic nitrogens is 1. The smallest absolute Gasteiger partial charge is 0.218 e. The number of nitrogens with one attached hydrogen (secondary N) is 2. The third-order valence-corrected chi connectivity index (χ3v) is 2.99. The topological polar surface area (TPSA) is 77.0 Å². The lowest BCUT2D eigenvalue weighted by Crippen LogP contribution is -2.37. The fourth-order valence-corrected chi connectivity index (χ4v) is 1.85. The van der Waals surface area contributed by atoms with Crippen LogP contribution in [0.15, 0.2) is 23.3 Å². The van der Waals surface area contributed by atoms with Crippen LogP contribution in [0.1, 0.15) is 18.9 Å². The molecule has 138 valence electrons. The van der Waals surface area contributed by atoms with Crippen molar-refractivity contribution in [1.29, 1.82) is 0 Å². The summed E-state index contributed by atoms with van der Waals surface area (Å²) in [6.45, 7) is 5.89. The number of hydrogen-bond acceptors (Lipinski definition) is 5. The zero-order chi connectivity index (χ0) is 16.8. The minimum Gasteiger partial charge on any atom is -0.478 e. The zero-order valence-electron chi connectivity index (χ0n) is 14.7. The molecule has 0 bridgehead atoms. The Morgan fingerprint density at radius 1 is 1.25 bits per heavy atom. The summed E-state index contributed by atoms with van der Waals surface area (Å²) >= 11 is 0. The molecule has 24 heavy (non-hydrogen) atoms. The lowest BCUT2D eigenvalue weighted by Gasteiger charge is -2.13. The van der Waals surface area contributed by atoms with Crippen LogP contribution >= 0.6 is 24.0 Å². The van der Waals surface area contributed by atoms with Gasteiger partial charge in [-0.15, -0.1) is 24.0 Å². The van der Waals surface area contributed by atoms with Gasteiger partial charge in [0.25, 0.3) is 0 Å². The summed E-state index contributed by atoms with van der Waals surface area (Å²) in [6, 6.07) is 3.88. The van der Waals surface area contributed by atoms with Crippen LogP contribution in [0.25, 0.3) is 0 Å². The van der Waals surface area contributed by atoms with E-state index in [1.807, 2.05) is 19.1 Å². The molecule has 0 saturated heterocycles. The molecule has 0 fully saturated rings. The van der Waals surface area contributed by atoms with Gasteiger partial charge in [0.05, 0.1) is 19.8 Å². The van der Waals surface area contributed by atoms with Gasteiger partial charge in [-0.25, -0.2) is 4.98 Å². The largest absolute Gasteiger partial charge is 0.478 e. The third kappa shape index (κ3) is 9.89. The Bertz CT molecular complexity index is 461. The van der Waals surface area contributed by atoms with E-state index >= 15 is 0 Å². The quantitative estimate of drug-likeness (QED) is 0.231. The molecule has 0 aliphatic carbocycles. The first-order chi connectivity index (χ1) is 11.3. The fraction of sp³-hybridized carbons (Fsp3) is 0.625. The molecule has 1 aromatic rings. The van der Waals surface area contributed by atoms with E-state index in [9.17, 15) is 0 Å². The van der Waals surface area contributed by atoms with E-state index in [1.54, 1.807) is 20.4 Å². The van der Waals surface area contributed by atoms with Gasteiger partial charge in [0.1, 0.15) is 0 Å². The van der Waals surface area contributed by atoms with Crippen molar-refractivity contribution in [1.82, 2.24) is 15.6 Å². The van der Waals surface area contributed by atoms with Crippen molar-refractivity contribution in [3.63, 3.8) is 0 Å². The maximum absolute atomic E-state index is 5.51. The van der Waals surface area contributed by atoms with Crippen molar-refractivity contribution < 1.29 is 14.2 Å². The first-order valence-corrected chi connectivity index (χ1v) is 7.89. The molecule has 0 unspecified atom stereocenters. The summed E-state index contributed by atoms with van der Waals surface area (Å²) in [5.41, 5.74) is 1.00. The Kier molecular flexibility index (Phi) is 14.7. The summed E-state index contributed by atoms with van der Waals surface area (Å²) in [6.07, 6.45) is 2.63. The van der Waals surface area contributed by atoms with Gasteiger partial charge < -0.3 is 24.8 Å². The molecule has 1 rings (SSSR count). The normalized spacial score (nSPS) is 10.9. The SMILES string of the molecule is CCOc1ncccc1CNC(=NC)NCCCOCCOC.I. The molecule has 2 N–H and O–H groups in total. The van der Waals surface area contributed by atoms with Crippen molar-refractivity contribution >= 4 is 29.9 Å². The predicted octanol–water partition coefficient (Wildman–Crippen LogP) is 1.82. The first-order valence-electron chi connectivity index (χ1n) is 7.89. The minimum absolute atomic E-state index is 0. The van der Waals surface area contributed by atoms with Gasteiger partial charge in [0, 0.05) is 45.6 Å². The second-order valence-electron chi connectivity index (χ2n) is 4.71. The Morgan fingerprint density at radius 3 is 2.79 bits per heavy atom. The molecule has 0 radical (unpaired) electrons. The number of pyridine rings is 1. The molecule has 8 heteroatoms. The van der Waals surface area contributed by atoms with Crippen molar-refractivity contribution in [2.24, 2.45) is 4.99 Å². The Labute approximate surface area is 161 Å². The van der Waals surface area contributed by atoms with Gasteiger partial charge in [0.15, 0.2) is 5.96 Å². The fourth-order valence-electron chi connectivity index (χ4n) is 1.85.